The Morgan fingerprint density at radius 1 is 0.892 bits per heavy atom. The third-order valence-electron chi connectivity index (χ3n) is 7.25. The fraction of sp³-hybridized carbons (Fsp3) is 0.200. The standard InChI is InChI=1S/C30H28N4O3/c1-5-37-20-16-14-19(15-17-20)25-28-27-24(29(35)33(4)30(36)32(27)3)26(21-11-7-6-10-18(21)2)34(28)23-13-9-8-12-22(23)31-25/h6-17,25,31H,5H2,1-4H3/t25-/m1/s1. The molecule has 1 atom stereocenters. The summed E-state index contributed by atoms with van der Waals surface area (Å²) in [6.45, 7) is 4.60. The molecule has 0 amide bonds. The van der Waals surface area contributed by atoms with Crippen molar-refractivity contribution >= 4 is 16.6 Å². The normalized spacial score (nSPS) is 14.2. The molecule has 0 bridgehead atoms. The molecule has 7 heteroatoms. The lowest BCUT2D eigenvalue weighted by atomic mass is 9.99. The van der Waals surface area contributed by atoms with Crippen LogP contribution >= 0.6 is 0 Å². The maximum atomic E-state index is 13.8. The first-order chi connectivity index (χ1) is 17.9. The molecule has 0 fully saturated rings. The molecule has 5 aromatic rings. The lowest BCUT2D eigenvalue weighted by molar-refractivity contribution is 0.340. The van der Waals surface area contributed by atoms with Crippen molar-refractivity contribution in [3.63, 3.8) is 0 Å². The highest BCUT2D eigenvalue weighted by Gasteiger charge is 2.35. The number of rotatable bonds is 4. The van der Waals surface area contributed by atoms with Crippen molar-refractivity contribution in [3.8, 4) is 22.7 Å². The minimum absolute atomic E-state index is 0.302. The number of ether oxygens (including phenoxy) is 1. The van der Waals surface area contributed by atoms with Crippen LogP contribution in [0, 0.1) is 6.92 Å². The Balaban J connectivity index is 1.80. The van der Waals surface area contributed by atoms with E-state index in [1.165, 1.54) is 4.57 Å². The van der Waals surface area contributed by atoms with Crippen molar-refractivity contribution in [1.82, 2.24) is 13.7 Å². The first-order valence-corrected chi connectivity index (χ1v) is 12.4. The van der Waals surface area contributed by atoms with Crippen molar-refractivity contribution < 1.29 is 4.74 Å². The molecule has 1 N–H and O–H groups in total. The van der Waals surface area contributed by atoms with Gasteiger partial charge in [-0.2, -0.15) is 0 Å². The molecule has 6 rings (SSSR count). The number of aromatic nitrogens is 3. The minimum atomic E-state index is -0.355. The number of benzene rings is 3. The number of para-hydroxylation sites is 2. The van der Waals surface area contributed by atoms with E-state index in [2.05, 4.69) is 9.88 Å². The fourth-order valence-corrected chi connectivity index (χ4v) is 5.48. The average Bonchev–Trinajstić information content (AvgIpc) is 3.27. The molecular weight excluding hydrogens is 464 g/mol. The Kier molecular flexibility index (Phi) is 5.30. The van der Waals surface area contributed by atoms with Gasteiger partial charge in [0.25, 0.3) is 5.56 Å². The zero-order valence-corrected chi connectivity index (χ0v) is 21.3. The molecule has 0 saturated carbocycles. The molecule has 186 valence electrons. The summed E-state index contributed by atoms with van der Waals surface area (Å²) in [5.74, 6) is 0.796. The summed E-state index contributed by atoms with van der Waals surface area (Å²) in [5, 5.41) is 4.22. The zero-order chi connectivity index (χ0) is 25.8. The number of anilines is 1. The number of aryl methyl sites for hydroxylation is 2. The Bertz CT molecular complexity index is 1790. The van der Waals surface area contributed by atoms with Gasteiger partial charge in [0.15, 0.2) is 0 Å². The van der Waals surface area contributed by atoms with Crippen molar-refractivity contribution in [1.29, 1.82) is 0 Å². The molecule has 0 saturated heterocycles. The topological polar surface area (TPSA) is 70.2 Å². The second-order valence-electron chi connectivity index (χ2n) is 9.41. The van der Waals surface area contributed by atoms with Gasteiger partial charge in [0.2, 0.25) is 0 Å². The molecule has 3 aromatic carbocycles. The molecule has 0 spiro atoms. The maximum absolute atomic E-state index is 13.8. The summed E-state index contributed by atoms with van der Waals surface area (Å²) >= 11 is 0. The van der Waals surface area contributed by atoms with Gasteiger partial charge in [0.05, 0.1) is 46.3 Å². The SMILES string of the molecule is CCOc1ccc([C@H]2Nc3ccccc3-n3c(-c4ccccc4C)c4c(=O)n(C)c(=O)n(C)c4c32)cc1. The lowest BCUT2D eigenvalue weighted by Gasteiger charge is -2.31. The molecule has 1 aliphatic rings. The van der Waals surface area contributed by atoms with Crippen LogP contribution in [0.15, 0.2) is 82.4 Å². The van der Waals surface area contributed by atoms with Gasteiger partial charge in [-0.3, -0.25) is 13.9 Å². The zero-order valence-electron chi connectivity index (χ0n) is 21.3. The summed E-state index contributed by atoms with van der Waals surface area (Å²) in [4.78, 5) is 27.0. The van der Waals surface area contributed by atoms with E-state index in [1.807, 2.05) is 86.6 Å². The summed E-state index contributed by atoms with van der Waals surface area (Å²) in [5.41, 5.74) is 6.51. The van der Waals surface area contributed by atoms with Crippen LogP contribution in [-0.2, 0) is 14.1 Å². The first kappa shape index (κ1) is 22.9. The minimum Gasteiger partial charge on any atom is -0.494 e. The van der Waals surface area contributed by atoms with Crippen LogP contribution < -0.4 is 21.3 Å². The third kappa shape index (κ3) is 3.34. The Morgan fingerprint density at radius 3 is 2.32 bits per heavy atom. The van der Waals surface area contributed by atoms with Crippen LogP contribution in [0.3, 0.4) is 0 Å². The van der Waals surface area contributed by atoms with Gasteiger partial charge in [-0.25, -0.2) is 4.79 Å². The van der Waals surface area contributed by atoms with E-state index in [4.69, 9.17) is 4.74 Å². The van der Waals surface area contributed by atoms with Crippen LogP contribution in [0.1, 0.15) is 29.8 Å². The second-order valence-corrected chi connectivity index (χ2v) is 9.41. The quantitative estimate of drug-likeness (QED) is 0.387. The lowest BCUT2D eigenvalue weighted by Crippen LogP contribution is -2.37. The van der Waals surface area contributed by atoms with E-state index in [0.29, 0.717) is 17.5 Å². The predicted molar refractivity (Wildman–Crippen MR) is 147 cm³/mol. The summed E-state index contributed by atoms with van der Waals surface area (Å²) in [7, 11) is 3.28. The smallest absolute Gasteiger partial charge is 0.331 e. The van der Waals surface area contributed by atoms with Gasteiger partial charge in [-0.15, -0.1) is 0 Å². The van der Waals surface area contributed by atoms with E-state index in [9.17, 15) is 9.59 Å². The van der Waals surface area contributed by atoms with E-state index in [0.717, 1.165) is 45.2 Å². The molecule has 0 aliphatic carbocycles. The molecule has 7 nitrogen and oxygen atoms in total. The summed E-state index contributed by atoms with van der Waals surface area (Å²) in [6.07, 6.45) is 0. The molecule has 2 aromatic heterocycles. The third-order valence-corrected chi connectivity index (χ3v) is 7.25. The number of fused-ring (bicyclic) bond motifs is 5. The molecular formula is C30H28N4O3. The highest BCUT2D eigenvalue weighted by atomic mass is 16.5. The number of nitrogens with one attached hydrogen (secondary N) is 1. The molecule has 1 aliphatic heterocycles. The maximum Gasteiger partial charge on any atom is 0.331 e. The fourth-order valence-electron chi connectivity index (χ4n) is 5.48. The van der Waals surface area contributed by atoms with Gasteiger partial charge in [-0.05, 0) is 49.2 Å². The van der Waals surface area contributed by atoms with E-state index >= 15 is 0 Å². The van der Waals surface area contributed by atoms with Crippen molar-refractivity contribution in [2.24, 2.45) is 14.1 Å². The molecule has 0 unspecified atom stereocenters. The van der Waals surface area contributed by atoms with Crippen LogP contribution in [0.2, 0.25) is 0 Å². The Labute approximate surface area is 214 Å². The van der Waals surface area contributed by atoms with E-state index in [1.54, 1.807) is 18.7 Å². The van der Waals surface area contributed by atoms with Gasteiger partial charge in [-0.1, -0.05) is 48.5 Å². The van der Waals surface area contributed by atoms with Gasteiger partial charge < -0.3 is 14.6 Å². The van der Waals surface area contributed by atoms with Crippen LogP contribution in [0.25, 0.3) is 27.8 Å². The predicted octanol–water partition coefficient (Wildman–Crippen LogP) is 4.92. The van der Waals surface area contributed by atoms with E-state index in [-0.39, 0.29) is 17.3 Å². The van der Waals surface area contributed by atoms with Gasteiger partial charge >= 0.3 is 5.69 Å². The van der Waals surface area contributed by atoms with Crippen molar-refractivity contribution in [2.45, 2.75) is 19.9 Å². The highest BCUT2D eigenvalue weighted by molar-refractivity contribution is 5.99. The second kappa shape index (κ2) is 8.55. The monoisotopic (exact) mass is 492 g/mol. The van der Waals surface area contributed by atoms with Crippen molar-refractivity contribution in [3.05, 3.63) is 110 Å². The highest BCUT2D eigenvalue weighted by Crippen LogP contribution is 2.45. The molecule has 3 heterocycles. The number of hydrogen-bond acceptors (Lipinski definition) is 4. The van der Waals surface area contributed by atoms with Crippen LogP contribution in [-0.4, -0.2) is 20.3 Å². The number of nitrogens with zero attached hydrogens (tertiary/aromatic N) is 3. The van der Waals surface area contributed by atoms with Gasteiger partial charge in [0, 0.05) is 19.7 Å². The first-order valence-electron chi connectivity index (χ1n) is 12.4. The summed E-state index contributed by atoms with van der Waals surface area (Å²) in [6, 6.07) is 23.8. The Hall–Kier alpha value is -4.52. The Morgan fingerprint density at radius 2 is 1.59 bits per heavy atom. The van der Waals surface area contributed by atoms with Crippen molar-refractivity contribution in [2.75, 3.05) is 11.9 Å². The molecule has 0 radical (unpaired) electrons. The number of hydrogen-bond donors (Lipinski definition) is 1. The summed E-state index contributed by atoms with van der Waals surface area (Å²) < 4.78 is 10.6. The van der Waals surface area contributed by atoms with Crippen LogP contribution in [0.4, 0.5) is 5.69 Å². The van der Waals surface area contributed by atoms with E-state index < -0.39 is 0 Å². The largest absolute Gasteiger partial charge is 0.494 e. The van der Waals surface area contributed by atoms with Crippen LogP contribution in [0.5, 0.6) is 5.75 Å². The average molecular weight is 493 g/mol. The molecule has 37 heavy (non-hydrogen) atoms. The van der Waals surface area contributed by atoms with Gasteiger partial charge in [0.1, 0.15) is 5.75 Å².